The van der Waals surface area contributed by atoms with E-state index in [-0.39, 0.29) is 11.7 Å². The summed E-state index contributed by atoms with van der Waals surface area (Å²) in [6.07, 6.45) is -4.95. The van der Waals surface area contributed by atoms with Crippen LogP contribution in [-0.4, -0.2) is 38.4 Å². The van der Waals surface area contributed by atoms with Crippen molar-refractivity contribution in [2.75, 3.05) is 12.3 Å². The molecule has 1 rings (SSSR count). The van der Waals surface area contributed by atoms with Gasteiger partial charge in [-0.1, -0.05) is 37.3 Å². The molecule has 0 aliphatic carbocycles. The summed E-state index contributed by atoms with van der Waals surface area (Å²) in [5, 5.41) is 8.86. The van der Waals surface area contributed by atoms with E-state index in [1.165, 1.54) is 0 Å². The van der Waals surface area contributed by atoms with Crippen LogP contribution in [0.4, 0.5) is 8.78 Å². The molecule has 1 aromatic carbocycles. The van der Waals surface area contributed by atoms with Crippen molar-refractivity contribution >= 4 is 10.0 Å². The van der Waals surface area contributed by atoms with Crippen LogP contribution in [-0.2, 0) is 10.0 Å². The lowest BCUT2D eigenvalue weighted by Crippen LogP contribution is -2.37. The highest BCUT2D eigenvalue weighted by atomic mass is 32.2. The fourth-order valence-corrected chi connectivity index (χ4v) is 2.96. The summed E-state index contributed by atoms with van der Waals surface area (Å²) < 4.78 is 49.4. The maximum atomic E-state index is 12.0. The number of hydrogen-bond acceptors (Lipinski definition) is 3. The third kappa shape index (κ3) is 5.63. The number of hydrogen-bond donors (Lipinski definition) is 2. The Bertz CT molecular complexity index is 479. The highest BCUT2D eigenvalue weighted by Gasteiger charge is 2.21. The number of alkyl halides is 2. The van der Waals surface area contributed by atoms with Gasteiger partial charge in [-0.05, 0) is 11.5 Å². The van der Waals surface area contributed by atoms with Crippen molar-refractivity contribution in [1.29, 1.82) is 0 Å². The van der Waals surface area contributed by atoms with E-state index in [1.807, 2.05) is 10.8 Å². The Morgan fingerprint density at radius 2 is 1.84 bits per heavy atom. The minimum atomic E-state index is -3.70. The Morgan fingerprint density at radius 1 is 1.26 bits per heavy atom. The van der Waals surface area contributed by atoms with Crippen LogP contribution in [0.2, 0.25) is 0 Å². The minimum absolute atomic E-state index is 0.215. The Labute approximate surface area is 111 Å². The van der Waals surface area contributed by atoms with Crippen molar-refractivity contribution in [3.05, 3.63) is 35.9 Å². The first kappa shape index (κ1) is 16.0. The van der Waals surface area contributed by atoms with Gasteiger partial charge in [0.25, 0.3) is 6.43 Å². The quantitative estimate of drug-likeness (QED) is 0.797. The number of aliphatic hydroxyl groups is 1. The number of halogens is 2. The van der Waals surface area contributed by atoms with Crippen molar-refractivity contribution in [3.8, 4) is 0 Å². The minimum Gasteiger partial charge on any atom is -0.386 e. The van der Waals surface area contributed by atoms with E-state index in [2.05, 4.69) is 0 Å². The van der Waals surface area contributed by atoms with Gasteiger partial charge in [0.15, 0.2) is 0 Å². The average Bonchev–Trinajstić information content (AvgIpc) is 2.36. The molecule has 0 aliphatic heterocycles. The van der Waals surface area contributed by atoms with Gasteiger partial charge in [-0.3, -0.25) is 0 Å². The monoisotopic (exact) mass is 293 g/mol. The number of aliphatic hydroxyl groups excluding tert-OH is 1. The molecule has 2 atom stereocenters. The van der Waals surface area contributed by atoms with E-state index < -0.39 is 29.1 Å². The van der Waals surface area contributed by atoms with Crippen LogP contribution in [0.3, 0.4) is 0 Å². The molecule has 1 aromatic rings. The zero-order valence-corrected chi connectivity index (χ0v) is 11.3. The summed E-state index contributed by atoms with van der Waals surface area (Å²) in [6, 6.07) is 9.02. The predicted molar refractivity (Wildman–Crippen MR) is 68.7 cm³/mol. The summed E-state index contributed by atoms with van der Waals surface area (Å²) in [7, 11) is -3.70. The highest BCUT2D eigenvalue weighted by molar-refractivity contribution is 7.89. The van der Waals surface area contributed by atoms with E-state index in [4.69, 9.17) is 5.11 Å². The van der Waals surface area contributed by atoms with Crippen LogP contribution in [0.25, 0.3) is 0 Å². The first-order chi connectivity index (χ1) is 8.82. The fourth-order valence-electron chi connectivity index (χ4n) is 1.57. The molecule has 2 N–H and O–H groups in total. The topological polar surface area (TPSA) is 66.4 Å². The van der Waals surface area contributed by atoms with Crippen LogP contribution in [0.15, 0.2) is 30.3 Å². The lowest BCUT2D eigenvalue weighted by atomic mass is 10.0. The van der Waals surface area contributed by atoms with Gasteiger partial charge in [0, 0.05) is 6.54 Å². The molecule has 0 saturated heterocycles. The second-order valence-corrected chi connectivity index (χ2v) is 6.19. The van der Waals surface area contributed by atoms with Crippen LogP contribution in [0, 0.1) is 0 Å². The van der Waals surface area contributed by atoms with Crippen LogP contribution >= 0.6 is 0 Å². The standard InChI is InChI=1S/C12H17F2NO3S/c1-9(10-5-3-2-4-6-10)8-19(17,18)15-7-11(16)12(13)14/h2-6,9,11-12,15-16H,7-8H2,1H3. The molecule has 2 unspecified atom stereocenters. The summed E-state index contributed by atoms with van der Waals surface area (Å²) in [6.45, 7) is 1.06. The van der Waals surface area contributed by atoms with Crippen molar-refractivity contribution in [3.63, 3.8) is 0 Å². The molecule has 0 aliphatic rings. The Balaban J connectivity index is 2.55. The summed E-state index contributed by atoms with van der Waals surface area (Å²) in [4.78, 5) is 0. The molecule has 4 nitrogen and oxygen atoms in total. The lowest BCUT2D eigenvalue weighted by molar-refractivity contribution is -0.000452. The molecule has 0 bridgehead atoms. The van der Waals surface area contributed by atoms with E-state index >= 15 is 0 Å². The van der Waals surface area contributed by atoms with Crippen molar-refractivity contribution in [2.45, 2.75) is 25.4 Å². The van der Waals surface area contributed by atoms with Gasteiger partial charge >= 0.3 is 0 Å². The van der Waals surface area contributed by atoms with Gasteiger partial charge in [-0.15, -0.1) is 0 Å². The van der Waals surface area contributed by atoms with Gasteiger partial charge in [0.1, 0.15) is 6.10 Å². The zero-order chi connectivity index (χ0) is 14.5. The molecular weight excluding hydrogens is 276 g/mol. The molecule has 0 amide bonds. The molecule has 0 heterocycles. The predicted octanol–water partition coefficient (Wildman–Crippen LogP) is 1.34. The van der Waals surface area contributed by atoms with E-state index in [0.717, 1.165) is 5.56 Å². The highest BCUT2D eigenvalue weighted by Crippen LogP contribution is 2.16. The Kier molecular flexibility index (Phi) is 5.84. The van der Waals surface area contributed by atoms with Crippen molar-refractivity contribution in [1.82, 2.24) is 4.72 Å². The number of sulfonamides is 1. The largest absolute Gasteiger partial charge is 0.386 e. The molecule has 0 fully saturated rings. The van der Waals surface area contributed by atoms with Gasteiger partial charge in [-0.25, -0.2) is 21.9 Å². The average molecular weight is 293 g/mol. The third-order valence-corrected chi connectivity index (χ3v) is 4.19. The molecular formula is C12H17F2NO3S. The molecule has 19 heavy (non-hydrogen) atoms. The maximum absolute atomic E-state index is 12.0. The van der Waals surface area contributed by atoms with Crippen molar-refractivity contribution < 1.29 is 22.3 Å². The molecule has 0 spiro atoms. The number of nitrogens with one attached hydrogen (secondary N) is 1. The molecule has 0 radical (unpaired) electrons. The summed E-state index contributed by atoms with van der Waals surface area (Å²) in [5.41, 5.74) is 0.849. The third-order valence-electron chi connectivity index (χ3n) is 2.64. The molecule has 0 aromatic heterocycles. The number of benzene rings is 1. The van der Waals surface area contributed by atoms with Gasteiger partial charge in [0.2, 0.25) is 10.0 Å². The summed E-state index contributed by atoms with van der Waals surface area (Å²) in [5.74, 6) is -0.477. The Hall–Kier alpha value is -1.05. The zero-order valence-electron chi connectivity index (χ0n) is 10.5. The molecule has 0 saturated carbocycles. The lowest BCUT2D eigenvalue weighted by Gasteiger charge is -2.15. The van der Waals surface area contributed by atoms with Gasteiger partial charge in [-0.2, -0.15) is 0 Å². The number of rotatable bonds is 7. The molecule has 108 valence electrons. The van der Waals surface area contributed by atoms with Crippen LogP contribution in [0.1, 0.15) is 18.4 Å². The van der Waals surface area contributed by atoms with E-state index in [1.54, 1.807) is 31.2 Å². The van der Waals surface area contributed by atoms with Crippen LogP contribution < -0.4 is 4.72 Å². The van der Waals surface area contributed by atoms with Gasteiger partial charge < -0.3 is 5.11 Å². The second-order valence-electron chi connectivity index (χ2n) is 4.34. The van der Waals surface area contributed by atoms with Gasteiger partial charge in [0.05, 0.1) is 5.75 Å². The second kappa shape index (κ2) is 6.93. The summed E-state index contributed by atoms with van der Waals surface area (Å²) >= 11 is 0. The first-order valence-corrected chi connectivity index (χ1v) is 7.45. The van der Waals surface area contributed by atoms with E-state index in [9.17, 15) is 17.2 Å². The van der Waals surface area contributed by atoms with Crippen LogP contribution in [0.5, 0.6) is 0 Å². The fraction of sp³-hybridized carbons (Fsp3) is 0.500. The normalized spacial score (nSPS) is 15.4. The smallest absolute Gasteiger partial charge is 0.265 e. The van der Waals surface area contributed by atoms with Crippen molar-refractivity contribution in [2.24, 2.45) is 0 Å². The maximum Gasteiger partial charge on any atom is 0.265 e. The molecule has 7 heteroatoms. The van der Waals surface area contributed by atoms with E-state index in [0.29, 0.717) is 0 Å². The SMILES string of the molecule is CC(CS(=O)(=O)NCC(O)C(F)F)c1ccccc1. The first-order valence-electron chi connectivity index (χ1n) is 5.80. The Morgan fingerprint density at radius 3 is 2.37 bits per heavy atom.